The molecule has 2 aliphatic heterocycles. The van der Waals surface area contributed by atoms with E-state index in [0.29, 0.717) is 13.0 Å². The molecule has 2 fully saturated rings. The van der Waals surface area contributed by atoms with Gasteiger partial charge in [-0.05, 0) is 36.8 Å². The second-order valence-electron chi connectivity index (χ2n) is 8.79. The molecule has 4 rings (SSSR count). The zero-order valence-electron chi connectivity index (χ0n) is 16.4. The number of rotatable bonds is 5. The van der Waals surface area contributed by atoms with Gasteiger partial charge in [0, 0.05) is 51.0 Å². The van der Waals surface area contributed by atoms with Crippen LogP contribution in [0, 0.1) is 5.92 Å². The summed E-state index contributed by atoms with van der Waals surface area (Å²) in [5, 5.41) is 11.2. The van der Waals surface area contributed by atoms with E-state index in [9.17, 15) is 9.90 Å². The molecular weight excluding hydrogens is 338 g/mol. The van der Waals surface area contributed by atoms with E-state index in [1.54, 1.807) is 0 Å². The van der Waals surface area contributed by atoms with Crippen LogP contribution in [0.1, 0.15) is 62.6 Å². The average molecular weight is 372 g/mol. The molecule has 148 valence electrons. The van der Waals surface area contributed by atoms with Gasteiger partial charge in [-0.15, -0.1) is 0 Å². The molecule has 1 aliphatic carbocycles. The predicted octanol–water partition coefficient (Wildman–Crippen LogP) is 2.76. The summed E-state index contributed by atoms with van der Waals surface area (Å²) in [5.41, 5.74) is 1.17. The normalized spacial score (nSPS) is 27.6. The van der Waals surface area contributed by atoms with Gasteiger partial charge in [0.2, 0.25) is 0 Å². The fourth-order valence-corrected chi connectivity index (χ4v) is 5.17. The monoisotopic (exact) mass is 371 g/mol. The van der Waals surface area contributed by atoms with Crippen LogP contribution in [-0.4, -0.2) is 57.6 Å². The largest absolute Gasteiger partial charge is 0.379 e. The maximum atomic E-state index is 13.1. The molecule has 0 radical (unpaired) electrons. The summed E-state index contributed by atoms with van der Waals surface area (Å²) < 4.78 is 0. The minimum Gasteiger partial charge on any atom is -0.379 e. The van der Waals surface area contributed by atoms with Gasteiger partial charge in [0.15, 0.2) is 5.60 Å². The number of hydrogen-bond acceptors (Lipinski definition) is 4. The maximum absolute atomic E-state index is 13.1. The van der Waals surface area contributed by atoms with E-state index in [1.165, 1.54) is 37.7 Å². The molecule has 0 spiro atoms. The molecule has 27 heavy (non-hydrogen) atoms. The number of carbonyl (C=O) groups excluding carboxylic acids is 1. The van der Waals surface area contributed by atoms with Crippen LogP contribution in [0.4, 0.5) is 0 Å². The second kappa shape index (κ2) is 8.27. The van der Waals surface area contributed by atoms with Crippen LogP contribution in [0.15, 0.2) is 18.3 Å². The minimum absolute atomic E-state index is 0.0402. The lowest BCUT2D eigenvalue weighted by atomic mass is 9.86. The molecule has 1 saturated heterocycles. The summed E-state index contributed by atoms with van der Waals surface area (Å²) in [6, 6.07) is 4.08. The first kappa shape index (κ1) is 18.9. The Morgan fingerprint density at radius 3 is 2.89 bits per heavy atom. The quantitative estimate of drug-likeness (QED) is 0.865. The Morgan fingerprint density at radius 2 is 2.04 bits per heavy atom. The fraction of sp³-hybridized carbons (Fsp3) is 0.727. The van der Waals surface area contributed by atoms with Gasteiger partial charge in [0.1, 0.15) is 0 Å². The van der Waals surface area contributed by atoms with E-state index in [0.717, 1.165) is 57.1 Å². The first-order valence-corrected chi connectivity index (χ1v) is 10.8. The summed E-state index contributed by atoms with van der Waals surface area (Å²) in [7, 11) is 0. The van der Waals surface area contributed by atoms with Crippen molar-refractivity contribution in [2.45, 2.75) is 69.9 Å². The highest BCUT2D eigenvalue weighted by atomic mass is 16.3. The molecule has 1 atom stereocenters. The van der Waals surface area contributed by atoms with Gasteiger partial charge < -0.3 is 10.0 Å². The topological polar surface area (TPSA) is 56.7 Å². The Labute approximate surface area is 162 Å². The molecule has 3 aliphatic rings. The van der Waals surface area contributed by atoms with Crippen LogP contribution in [0.2, 0.25) is 0 Å². The van der Waals surface area contributed by atoms with E-state index < -0.39 is 5.60 Å². The number of hydrogen-bond donors (Lipinski definition) is 1. The van der Waals surface area contributed by atoms with Crippen molar-refractivity contribution in [2.75, 3.05) is 26.2 Å². The Morgan fingerprint density at radius 1 is 1.19 bits per heavy atom. The molecule has 5 nitrogen and oxygen atoms in total. The van der Waals surface area contributed by atoms with Crippen molar-refractivity contribution in [2.24, 2.45) is 5.92 Å². The average Bonchev–Trinajstić information content (AvgIpc) is 2.70. The lowest BCUT2D eigenvalue weighted by Crippen LogP contribution is -2.59. The van der Waals surface area contributed by atoms with E-state index in [-0.39, 0.29) is 5.91 Å². The van der Waals surface area contributed by atoms with Crippen molar-refractivity contribution in [3.63, 3.8) is 0 Å². The van der Waals surface area contributed by atoms with Crippen LogP contribution in [-0.2, 0) is 17.8 Å². The van der Waals surface area contributed by atoms with E-state index in [4.69, 9.17) is 0 Å². The van der Waals surface area contributed by atoms with Crippen molar-refractivity contribution in [3.8, 4) is 0 Å². The summed E-state index contributed by atoms with van der Waals surface area (Å²) in [4.78, 5) is 21.7. The summed E-state index contributed by atoms with van der Waals surface area (Å²) >= 11 is 0. The molecule has 1 amide bonds. The smallest absolute Gasteiger partial charge is 0.255 e. The number of amides is 1. The van der Waals surface area contributed by atoms with Crippen molar-refractivity contribution < 1.29 is 9.90 Å². The van der Waals surface area contributed by atoms with Crippen molar-refractivity contribution in [1.82, 2.24) is 14.8 Å². The maximum Gasteiger partial charge on any atom is 0.255 e. The number of β-amino-alcohol motifs (C(OH)–C–C–N with tert-alkyl or cyclic N) is 1. The van der Waals surface area contributed by atoms with Gasteiger partial charge >= 0.3 is 0 Å². The zero-order chi connectivity index (χ0) is 18.7. The van der Waals surface area contributed by atoms with Gasteiger partial charge in [-0.25, -0.2) is 0 Å². The highest BCUT2D eigenvalue weighted by Gasteiger charge is 2.43. The van der Waals surface area contributed by atoms with Gasteiger partial charge in [0.25, 0.3) is 5.91 Å². The molecule has 0 bridgehead atoms. The molecule has 0 aromatic carbocycles. The third-order valence-electron chi connectivity index (χ3n) is 6.76. The van der Waals surface area contributed by atoms with E-state index in [1.807, 2.05) is 17.2 Å². The van der Waals surface area contributed by atoms with Crippen LogP contribution < -0.4 is 0 Å². The molecule has 5 heteroatoms. The highest BCUT2D eigenvalue weighted by molar-refractivity contribution is 5.86. The summed E-state index contributed by atoms with van der Waals surface area (Å²) in [6.07, 6.45) is 12.0. The van der Waals surface area contributed by atoms with Crippen molar-refractivity contribution in [1.29, 1.82) is 0 Å². The van der Waals surface area contributed by atoms with Gasteiger partial charge in [-0.3, -0.25) is 14.7 Å². The number of aromatic nitrogens is 1. The van der Waals surface area contributed by atoms with E-state index in [2.05, 4.69) is 16.0 Å². The van der Waals surface area contributed by atoms with Crippen LogP contribution in [0.3, 0.4) is 0 Å². The molecule has 1 saturated carbocycles. The lowest BCUT2D eigenvalue weighted by Gasteiger charge is -2.42. The van der Waals surface area contributed by atoms with E-state index >= 15 is 0 Å². The van der Waals surface area contributed by atoms with Gasteiger partial charge in [-0.2, -0.15) is 0 Å². The van der Waals surface area contributed by atoms with Gasteiger partial charge in [0.05, 0.1) is 0 Å². The SMILES string of the molecule is O=C1N(CCC2CCCCC2)CCCC1(O)CN1CCc2ncccc2C1. The van der Waals surface area contributed by atoms with Crippen LogP contribution >= 0.6 is 0 Å². The molecule has 1 unspecified atom stereocenters. The number of pyridine rings is 1. The second-order valence-corrected chi connectivity index (χ2v) is 8.79. The number of piperidine rings is 1. The summed E-state index contributed by atoms with van der Waals surface area (Å²) in [6.45, 7) is 3.71. The van der Waals surface area contributed by atoms with Crippen molar-refractivity contribution >= 4 is 5.91 Å². The Hall–Kier alpha value is -1.46. The lowest BCUT2D eigenvalue weighted by molar-refractivity contribution is -0.160. The molecule has 1 aromatic heterocycles. The zero-order valence-corrected chi connectivity index (χ0v) is 16.4. The van der Waals surface area contributed by atoms with Crippen molar-refractivity contribution in [3.05, 3.63) is 29.6 Å². The van der Waals surface area contributed by atoms with Gasteiger partial charge in [-0.1, -0.05) is 38.2 Å². The Kier molecular flexibility index (Phi) is 5.79. The number of fused-ring (bicyclic) bond motifs is 1. The molecule has 1 aromatic rings. The first-order valence-electron chi connectivity index (χ1n) is 10.8. The third kappa shape index (κ3) is 4.35. The summed E-state index contributed by atoms with van der Waals surface area (Å²) in [5.74, 6) is 0.731. The Bertz CT molecular complexity index is 659. The first-order chi connectivity index (χ1) is 13.1. The molecule has 1 N–H and O–H groups in total. The molecular formula is C22H33N3O2. The van der Waals surface area contributed by atoms with Crippen LogP contribution in [0.5, 0.6) is 0 Å². The number of likely N-dealkylation sites (tertiary alicyclic amines) is 1. The molecule has 3 heterocycles. The predicted molar refractivity (Wildman–Crippen MR) is 105 cm³/mol. The standard InChI is InChI=1S/C22H33N3O2/c26-21-22(27,17-24-14-10-20-19(16-24)8-4-12-23-20)11-5-13-25(21)15-9-18-6-2-1-3-7-18/h4,8,12,18,27H,1-3,5-7,9-11,13-17H2. The third-order valence-corrected chi connectivity index (χ3v) is 6.76. The Balaban J connectivity index is 1.35. The van der Waals surface area contributed by atoms with Crippen LogP contribution in [0.25, 0.3) is 0 Å². The number of aliphatic hydroxyl groups is 1. The number of nitrogens with zero attached hydrogens (tertiary/aromatic N) is 3. The fourth-order valence-electron chi connectivity index (χ4n) is 5.17. The minimum atomic E-state index is -1.22. The highest BCUT2D eigenvalue weighted by Crippen LogP contribution is 2.29. The number of carbonyl (C=O) groups is 1.